The molecule has 0 fully saturated rings. The zero-order valence-corrected chi connectivity index (χ0v) is 12.0. The van der Waals surface area contributed by atoms with Gasteiger partial charge in [-0.25, -0.2) is 0 Å². The highest BCUT2D eigenvalue weighted by molar-refractivity contribution is 5.16. The van der Waals surface area contributed by atoms with Gasteiger partial charge in [0.05, 0.1) is 0 Å². The Bertz CT molecular complexity index is 263. The average Bonchev–Trinajstić information content (AvgIpc) is 2.42. The van der Waals surface area contributed by atoms with Gasteiger partial charge < -0.3 is 0 Å². The van der Waals surface area contributed by atoms with Crippen molar-refractivity contribution in [2.24, 2.45) is 0 Å². The summed E-state index contributed by atoms with van der Waals surface area (Å²) in [5.74, 6) is 0. The van der Waals surface area contributed by atoms with Crippen LogP contribution in [0.25, 0.3) is 0 Å². The molecule has 1 aromatic carbocycles. The average molecular weight is 245 g/mol. The van der Waals surface area contributed by atoms with Crippen LogP contribution in [-0.4, -0.2) is 0 Å². The van der Waals surface area contributed by atoms with Crippen molar-refractivity contribution in [1.82, 2.24) is 0 Å². The third kappa shape index (κ3) is 8.33. The molecule has 1 aromatic rings. The fourth-order valence-corrected chi connectivity index (χ4v) is 2.31. The summed E-state index contributed by atoms with van der Waals surface area (Å²) < 4.78 is 0. The molecule has 0 unspecified atom stereocenters. The summed E-state index contributed by atoms with van der Waals surface area (Å²) in [4.78, 5) is 0. The second-order valence-corrected chi connectivity index (χ2v) is 5.24. The maximum atomic E-state index is 2.44. The zero-order chi connectivity index (χ0) is 12.9. The first kappa shape index (κ1) is 15.3. The molecule has 0 saturated carbocycles. The molecule has 18 heavy (non-hydrogen) atoms. The molecule has 0 nitrogen and oxygen atoms in total. The lowest BCUT2D eigenvalue weighted by Gasteiger charge is -2.02. The van der Waals surface area contributed by atoms with E-state index in [-0.39, 0.29) is 0 Å². The molecule has 0 aliphatic carbocycles. The van der Waals surface area contributed by atoms with Crippen molar-refractivity contribution in [2.75, 3.05) is 0 Å². The van der Waals surface area contributed by atoms with Crippen LogP contribution in [0.15, 0.2) is 30.3 Å². The minimum Gasteiger partial charge on any atom is -0.0654 e. The largest absolute Gasteiger partial charge is 0.0654 e. The van der Waals surface area contributed by atoms with E-state index >= 15 is 0 Å². The number of unbranched alkanes of at least 4 members (excludes halogenated alkanes) is 9. The van der Waals surface area contributed by atoms with E-state index in [1.165, 1.54) is 63.4 Å². The van der Waals surface area contributed by atoms with E-state index in [2.05, 4.69) is 43.7 Å². The number of hydrogen-bond acceptors (Lipinski definition) is 0. The molecule has 0 N–H and O–H groups in total. The molecule has 0 heterocycles. The molecule has 0 amide bonds. The molecule has 0 heteroatoms. The van der Waals surface area contributed by atoms with Crippen molar-refractivity contribution in [1.29, 1.82) is 0 Å². The lowest BCUT2D eigenvalue weighted by Crippen LogP contribution is -1.87. The van der Waals surface area contributed by atoms with Gasteiger partial charge in [-0.05, 0) is 24.8 Å². The van der Waals surface area contributed by atoms with Gasteiger partial charge in [0.2, 0.25) is 0 Å². The monoisotopic (exact) mass is 245 g/mol. The molecule has 1 rings (SSSR count). The maximum Gasteiger partial charge on any atom is -0.0248 e. The highest BCUT2D eigenvalue weighted by Crippen LogP contribution is 2.11. The second-order valence-electron chi connectivity index (χ2n) is 5.24. The molecule has 0 saturated heterocycles. The fraction of sp³-hybridized carbons (Fsp3) is 0.611. The van der Waals surface area contributed by atoms with Crippen molar-refractivity contribution >= 4 is 0 Å². The zero-order valence-electron chi connectivity index (χ0n) is 12.0. The molecular weight excluding hydrogens is 216 g/mol. The topological polar surface area (TPSA) is 0 Å². The smallest absolute Gasteiger partial charge is 0.0248 e. The van der Waals surface area contributed by atoms with E-state index < -0.39 is 0 Å². The Kier molecular flexibility index (Phi) is 9.61. The first-order valence-electron chi connectivity index (χ1n) is 7.79. The van der Waals surface area contributed by atoms with Crippen LogP contribution in [0.3, 0.4) is 0 Å². The van der Waals surface area contributed by atoms with Crippen LogP contribution < -0.4 is 0 Å². The van der Waals surface area contributed by atoms with Gasteiger partial charge in [-0.1, -0.05) is 88.6 Å². The maximum absolute atomic E-state index is 2.44. The summed E-state index contributed by atoms with van der Waals surface area (Å²) in [6, 6.07) is 10.8. The highest BCUT2D eigenvalue weighted by Gasteiger charge is 1.94. The van der Waals surface area contributed by atoms with Crippen molar-refractivity contribution < 1.29 is 0 Å². The summed E-state index contributed by atoms with van der Waals surface area (Å²) in [6.45, 7) is 2.28. The van der Waals surface area contributed by atoms with Gasteiger partial charge in [-0.15, -0.1) is 0 Å². The molecule has 1 radical (unpaired) electrons. The van der Waals surface area contributed by atoms with Gasteiger partial charge in [0.25, 0.3) is 0 Å². The van der Waals surface area contributed by atoms with E-state index in [0.29, 0.717) is 0 Å². The molecule has 0 atom stereocenters. The lowest BCUT2D eigenvalue weighted by atomic mass is 10.0. The summed E-state index contributed by atoms with van der Waals surface area (Å²) in [5, 5.41) is 0. The molecular formula is C18H29. The Morgan fingerprint density at radius 3 is 2.06 bits per heavy atom. The molecule has 0 aromatic heterocycles. The van der Waals surface area contributed by atoms with Gasteiger partial charge >= 0.3 is 0 Å². The van der Waals surface area contributed by atoms with Crippen LogP contribution >= 0.6 is 0 Å². The first-order chi connectivity index (χ1) is 8.93. The Morgan fingerprint density at radius 1 is 0.778 bits per heavy atom. The summed E-state index contributed by atoms with van der Waals surface area (Å²) in [5.41, 5.74) is 1.44. The predicted octanol–water partition coefficient (Wildman–Crippen LogP) is 5.96. The summed E-state index contributed by atoms with van der Waals surface area (Å²) >= 11 is 0. The van der Waals surface area contributed by atoms with E-state index in [1.54, 1.807) is 0 Å². The molecule has 0 bridgehead atoms. The molecule has 0 aliphatic heterocycles. The standard InChI is InChI=1S/C18H29/c1-2-3-4-5-6-7-8-9-10-12-15-18-16-13-11-14-17-18/h11-14,16-17H,2-10,15H2,1H3. The number of rotatable bonds is 11. The van der Waals surface area contributed by atoms with Gasteiger partial charge in [-0.2, -0.15) is 0 Å². The Labute approximate surface area is 114 Å². The molecule has 0 spiro atoms. The predicted molar refractivity (Wildman–Crippen MR) is 81.7 cm³/mol. The summed E-state index contributed by atoms with van der Waals surface area (Å²) in [7, 11) is 0. The Balaban J connectivity index is 1.82. The Hall–Kier alpha value is -0.780. The van der Waals surface area contributed by atoms with Crippen molar-refractivity contribution in [2.45, 2.75) is 71.1 Å². The normalized spacial score (nSPS) is 10.7. The third-order valence-electron chi connectivity index (χ3n) is 3.48. The van der Waals surface area contributed by atoms with Gasteiger partial charge in [0, 0.05) is 0 Å². The second kappa shape index (κ2) is 11.3. The number of benzene rings is 1. The fourth-order valence-electron chi connectivity index (χ4n) is 2.31. The van der Waals surface area contributed by atoms with Crippen molar-refractivity contribution in [3.63, 3.8) is 0 Å². The Morgan fingerprint density at radius 2 is 1.39 bits per heavy atom. The van der Waals surface area contributed by atoms with Crippen molar-refractivity contribution in [3.05, 3.63) is 42.3 Å². The van der Waals surface area contributed by atoms with Gasteiger partial charge in [-0.3, -0.25) is 0 Å². The minimum absolute atomic E-state index is 1.14. The quantitative estimate of drug-likeness (QED) is 0.422. The summed E-state index contributed by atoms with van der Waals surface area (Å²) in [6.07, 6.45) is 16.2. The molecule has 0 aliphatic rings. The van der Waals surface area contributed by atoms with Crippen molar-refractivity contribution in [3.8, 4) is 0 Å². The van der Waals surface area contributed by atoms with Gasteiger partial charge in [0.15, 0.2) is 0 Å². The van der Waals surface area contributed by atoms with Crippen LogP contribution in [-0.2, 0) is 6.42 Å². The van der Waals surface area contributed by atoms with E-state index in [4.69, 9.17) is 0 Å². The van der Waals surface area contributed by atoms with E-state index in [1.807, 2.05) is 0 Å². The number of hydrogen-bond donors (Lipinski definition) is 0. The SMILES string of the molecule is CCCCCCCCCC[CH]Cc1ccccc1. The molecule has 101 valence electrons. The van der Waals surface area contributed by atoms with E-state index in [9.17, 15) is 0 Å². The third-order valence-corrected chi connectivity index (χ3v) is 3.48. The van der Waals surface area contributed by atoms with Crippen LogP contribution in [0.1, 0.15) is 70.3 Å². The van der Waals surface area contributed by atoms with Crippen LogP contribution in [0, 0.1) is 6.42 Å². The lowest BCUT2D eigenvalue weighted by molar-refractivity contribution is 0.573. The first-order valence-corrected chi connectivity index (χ1v) is 7.79. The van der Waals surface area contributed by atoms with Crippen LogP contribution in [0.2, 0.25) is 0 Å². The van der Waals surface area contributed by atoms with Crippen LogP contribution in [0.4, 0.5) is 0 Å². The van der Waals surface area contributed by atoms with Gasteiger partial charge in [0.1, 0.15) is 0 Å². The highest BCUT2D eigenvalue weighted by atomic mass is 14.0. The van der Waals surface area contributed by atoms with Crippen LogP contribution in [0.5, 0.6) is 0 Å². The van der Waals surface area contributed by atoms with E-state index in [0.717, 1.165) is 6.42 Å². The minimum atomic E-state index is 1.14.